The van der Waals surface area contributed by atoms with Crippen LogP contribution in [-0.4, -0.2) is 6.18 Å². The zero-order chi connectivity index (χ0) is 17.2. The van der Waals surface area contributed by atoms with Crippen molar-refractivity contribution in [1.82, 2.24) is 0 Å². The van der Waals surface area contributed by atoms with Crippen LogP contribution in [-0.2, 0) is 0 Å². The second-order valence-electron chi connectivity index (χ2n) is 5.06. The SMILES string of the molecule is Cc1ccc(/C=C/C(c2ccc(Cl)c(Cl)c2)C(F)(F)F)cc1Br. The highest BCUT2D eigenvalue weighted by Gasteiger charge is 2.39. The standard InChI is InChI=1S/C17H12BrCl2F3/c1-10-2-3-11(8-14(10)18)4-6-13(17(21,22)23)12-5-7-15(19)16(20)9-12/h2-9,13H,1H3/b6-4+. The van der Waals surface area contributed by atoms with Gasteiger partial charge in [0, 0.05) is 4.47 Å². The van der Waals surface area contributed by atoms with Crippen LogP contribution in [0.5, 0.6) is 0 Å². The van der Waals surface area contributed by atoms with Crippen molar-refractivity contribution in [3.63, 3.8) is 0 Å². The normalized spacial score (nSPS) is 13.5. The summed E-state index contributed by atoms with van der Waals surface area (Å²) in [4.78, 5) is 0. The first-order valence-corrected chi connectivity index (χ1v) is 8.19. The van der Waals surface area contributed by atoms with Crippen LogP contribution in [0.15, 0.2) is 46.9 Å². The van der Waals surface area contributed by atoms with E-state index in [1.54, 1.807) is 12.1 Å². The first kappa shape index (κ1) is 18.4. The summed E-state index contributed by atoms with van der Waals surface area (Å²) in [5, 5.41) is 0.327. The minimum absolute atomic E-state index is 0.0503. The zero-order valence-corrected chi connectivity index (χ0v) is 15.1. The fourth-order valence-electron chi connectivity index (χ4n) is 2.04. The Bertz CT molecular complexity index is 739. The maximum Gasteiger partial charge on any atom is 0.399 e. The predicted molar refractivity (Wildman–Crippen MR) is 93.2 cm³/mol. The first-order valence-electron chi connectivity index (χ1n) is 6.64. The Morgan fingerprint density at radius 2 is 1.74 bits per heavy atom. The largest absolute Gasteiger partial charge is 0.399 e. The van der Waals surface area contributed by atoms with Gasteiger partial charge < -0.3 is 0 Å². The van der Waals surface area contributed by atoms with E-state index in [-0.39, 0.29) is 15.6 Å². The van der Waals surface area contributed by atoms with Gasteiger partial charge in [-0.25, -0.2) is 0 Å². The number of rotatable bonds is 3. The smallest absolute Gasteiger partial charge is 0.170 e. The lowest BCUT2D eigenvalue weighted by atomic mass is 9.97. The van der Waals surface area contributed by atoms with Gasteiger partial charge in [0.15, 0.2) is 0 Å². The quantitative estimate of drug-likeness (QED) is 0.481. The molecule has 0 amide bonds. The number of benzene rings is 2. The van der Waals surface area contributed by atoms with Crippen LogP contribution in [0.4, 0.5) is 13.2 Å². The van der Waals surface area contributed by atoms with Crippen LogP contribution in [0.25, 0.3) is 6.08 Å². The van der Waals surface area contributed by atoms with Gasteiger partial charge in [-0.1, -0.05) is 69.5 Å². The van der Waals surface area contributed by atoms with E-state index in [1.165, 1.54) is 24.3 Å². The van der Waals surface area contributed by atoms with Gasteiger partial charge in [-0.2, -0.15) is 13.2 Å². The van der Waals surface area contributed by atoms with Crippen LogP contribution in [0.1, 0.15) is 22.6 Å². The van der Waals surface area contributed by atoms with Gasteiger partial charge in [0.2, 0.25) is 0 Å². The summed E-state index contributed by atoms with van der Waals surface area (Å²) in [5.74, 6) is -1.75. The average Bonchev–Trinajstić information content (AvgIpc) is 2.45. The van der Waals surface area contributed by atoms with Crippen LogP contribution < -0.4 is 0 Å². The van der Waals surface area contributed by atoms with E-state index < -0.39 is 12.1 Å². The molecule has 0 saturated heterocycles. The van der Waals surface area contributed by atoms with E-state index in [1.807, 2.05) is 13.0 Å². The van der Waals surface area contributed by atoms with Gasteiger partial charge in [-0.05, 0) is 41.8 Å². The monoisotopic (exact) mass is 422 g/mol. The van der Waals surface area contributed by atoms with Crippen LogP contribution in [0, 0.1) is 6.92 Å². The lowest BCUT2D eigenvalue weighted by Gasteiger charge is -2.18. The molecule has 6 heteroatoms. The Hall–Kier alpha value is -0.970. The second-order valence-corrected chi connectivity index (χ2v) is 6.73. The number of allylic oxidation sites excluding steroid dienone is 1. The molecule has 0 N–H and O–H groups in total. The van der Waals surface area contributed by atoms with Crippen molar-refractivity contribution in [2.75, 3.05) is 0 Å². The zero-order valence-electron chi connectivity index (χ0n) is 12.0. The van der Waals surface area contributed by atoms with Crippen molar-refractivity contribution in [3.05, 3.63) is 73.7 Å². The summed E-state index contributed by atoms with van der Waals surface area (Å²) < 4.78 is 40.9. The lowest BCUT2D eigenvalue weighted by Crippen LogP contribution is -2.18. The van der Waals surface area contributed by atoms with E-state index in [4.69, 9.17) is 23.2 Å². The minimum Gasteiger partial charge on any atom is -0.170 e. The van der Waals surface area contributed by atoms with E-state index in [2.05, 4.69) is 15.9 Å². The summed E-state index contributed by atoms with van der Waals surface area (Å²) in [5.41, 5.74) is 1.74. The third-order valence-corrected chi connectivity index (χ3v) is 4.93. The molecular formula is C17H12BrCl2F3. The second kappa shape index (κ2) is 7.29. The third-order valence-electron chi connectivity index (χ3n) is 3.33. The fourth-order valence-corrected chi connectivity index (χ4v) is 2.74. The molecule has 0 heterocycles. The molecule has 0 aromatic heterocycles. The number of halogens is 6. The van der Waals surface area contributed by atoms with Crippen molar-refractivity contribution in [3.8, 4) is 0 Å². The maximum atomic E-state index is 13.3. The van der Waals surface area contributed by atoms with Crippen LogP contribution in [0.2, 0.25) is 10.0 Å². The molecule has 0 nitrogen and oxygen atoms in total. The Kier molecular flexibility index (Phi) is 5.82. The minimum atomic E-state index is -4.42. The Morgan fingerprint density at radius 1 is 1.04 bits per heavy atom. The van der Waals surface area contributed by atoms with Gasteiger partial charge in [0.05, 0.1) is 16.0 Å². The van der Waals surface area contributed by atoms with Gasteiger partial charge >= 0.3 is 6.18 Å². The molecule has 0 aliphatic rings. The molecule has 0 bridgehead atoms. The molecule has 2 aromatic carbocycles. The molecular weight excluding hydrogens is 412 g/mol. The molecule has 0 aliphatic heterocycles. The highest BCUT2D eigenvalue weighted by Crippen LogP contribution is 2.38. The molecule has 0 aliphatic carbocycles. The van der Waals surface area contributed by atoms with Crippen molar-refractivity contribution >= 4 is 45.2 Å². The van der Waals surface area contributed by atoms with Crippen LogP contribution in [0.3, 0.4) is 0 Å². The summed E-state index contributed by atoms with van der Waals surface area (Å²) in [7, 11) is 0. The molecule has 2 aromatic rings. The average molecular weight is 424 g/mol. The highest BCUT2D eigenvalue weighted by atomic mass is 79.9. The summed E-state index contributed by atoms with van der Waals surface area (Å²) in [6.45, 7) is 1.91. The molecule has 23 heavy (non-hydrogen) atoms. The molecule has 2 rings (SSSR count). The first-order chi connectivity index (χ1) is 10.7. The van der Waals surface area contributed by atoms with Gasteiger partial charge in [0.25, 0.3) is 0 Å². The summed E-state index contributed by atoms with van der Waals surface area (Å²) in [6.07, 6.45) is -1.85. The molecule has 1 atom stereocenters. The van der Waals surface area contributed by atoms with E-state index >= 15 is 0 Å². The molecule has 0 radical (unpaired) electrons. The van der Waals surface area contributed by atoms with E-state index in [9.17, 15) is 13.2 Å². The van der Waals surface area contributed by atoms with Crippen molar-refractivity contribution in [1.29, 1.82) is 0 Å². The number of hydrogen-bond acceptors (Lipinski definition) is 0. The van der Waals surface area contributed by atoms with Gasteiger partial charge in [-0.3, -0.25) is 0 Å². The highest BCUT2D eigenvalue weighted by molar-refractivity contribution is 9.10. The molecule has 0 saturated carbocycles. The van der Waals surface area contributed by atoms with Crippen molar-refractivity contribution in [2.45, 2.75) is 19.0 Å². The number of hydrogen-bond donors (Lipinski definition) is 0. The van der Waals surface area contributed by atoms with Crippen molar-refractivity contribution < 1.29 is 13.2 Å². The third kappa shape index (κ3) is 4.75. The van der Waals surface area contributed by atoms with E-state index in [0.29, 0.717) is 5.56 Å². The molecule has 122 valence electrons. The van der Waals surface area contributed by atoms with Gasteiger partial charge in [-0.15, -0.1) is 0 Å². The summed E-state index contributed by atoms with van der Waals surface area (Å²) in [6, 6.07) is 9.33. The summed E-state index contributed by atoms with van der Waals surface area (Å²) >= 11 is 15.0. The fraction of sp³-hybridized carbons (Fsp3) is 0.176. The molecule has 1 unspecified atom stereocenters. The number of alkyl halides is 3. The molecule has 0 fully saturated rings. The van der Waals surface area contributed by atoms with Gasteiger partial charge in [0.1, 0.15) is 0 Å². The lowest BCUT2D eigenvalue weighted by molar-refractivity contribution is -0.139. The van der Waals surface area contributed by atoms with Crippen LogP contribution >= 0.6 is 39.1 Å². The topological polar surface area (TPSA) is 0 Å². The number of aryl methyl sites for hydroxylation is 1. The molecule has 0 spiro atoms. The Labute approximate surface area is 151 Å². The Morgan fingerprint density at radius 3 is 2.30 bits per heavy atom. The predicted octanol–water partition coefficient (Wildman–Crippen LogP) is 7.42. The Balaban J connectivity index is 2.37. The van der Waals surface area contributed by atoms with Crippen molar-refractivity contribution in [2.24, 2.45) is 0 Å². The maximum absolute atomic E-state index is 13.3. The van der Waals surface area contributed by atoms with E-state index in [0.717, 1.165) is 16.1 Å².